The molecule has 1 aliphatic heterocycles. The van der Waals surface area contributed by atoms with Gasteiger partial charge in [-0.3, -0.25) is 14.6 Å². The van der Waals surface area contributed by atoms with Crippen LogP contribution in [0.5, 0.6) is 5.75 Å². The number of amides is 1. The number of nitrogens with zero attached hydrogens (tertiary/aromatic N) is 3. The van der Waals surface area contributed by atoms with Crippen LogP contribution in [0.2, 0.25) is 0 Å². The van der Waals surface area contributed by atoms with E-state index in [9.17, 15) is 4.79 Å². The van der Waals surface area contributed by atoms with E-state index in [1.54, 1.807) is 7.11 Å². The molecule has 1 amide bonds. The number of hydrogen-bond acceptors (Lipinski definition) is 4. The minimum atomic E-state index is 0.0880. The highest BCUT2D eigenvalue weighted by molar-refractivity contribution is 5.78. The van der Waals surface area contributed by atoms with Crippen LogP contribution in [-0.2, 0) is 11.3 Å². The van der Waals surface area contributed by atoms with Gasteiger partial charge in [0.1, 0.15) is 5.75 Å². The van der Waals surface area contributed by atoms with Crippen molar-refractivity contribution < 1.29 is 9.53 Å². The standard InChI is InChI=1S/C23H31N3O2/c1-19(21-7-5-4-6-8-21)24(2)23(27)18-26-15-13-25(14-16-26)17-20-9-11-22(28-3)12-10-20/h4-12,19H,13-18H2,1-3H3/t19-/m0/s1. The summed E-state index contributed by atoms with van der Waals surface area (Å²) in [5.74, 6) is 1.07. The summed E-state index contributed by atoms with van der Waals surface area (Å²) in [5.41, 5.74) is 2.46. The minimum Gasteiger partial charge on any atom is -0.497 e. The second-order valence-corrected chi connectivity index (χ2v) is 7.49. The van der Waals surface area contributed by atoms with Crippen molar-refractivity contribution in [3.05, 3.63) is 65.7 Å². The number of ether oxygens (including phenoxy) is 1. The number of piperazine rings is 1. The van der Waals surface area contributed by atoms with Crippen molar-refractivity contribution in [3.8, 4) is 5.75 Å². The van der Waals surface area contributed by atoms with Crippen LogP contribution in [0.25, 0.3) is 0 Å². The Labute approximate surface area is 168 Å². The molecule has 1 aliphatic rings. The Kier molecular flexibility index (Phi) is 7.06. The first-order valence-corrected chi connectivity index (χ1v) is 9.95. The monoisotopic (exact) mass is 381 g/mol. The maximum Gasteiger partial charge on any atom is 0.236 e. The van der Waals surface area contributed by atoms with Gasteiger partial charge in [-0.15, -0.1) is 0 Å². The maximum atomic E-state index is 12.7. The van der Waals surface area contributed by atoms with Crippen LogP contribution in [0.1, 0.15) is 24.1 Å². The van der Waals surface area contributed by atoms with Crippen LogP contribution in [0.15, 0.2) is 54.6 Å². The van der Waals surface area contributed by atoms with E-state index >= 15 is 0 Å². The normalized spacial score (nSPS) is 16.5. The molecule has 0 spiro atoms. The molecule has 1 saturated heterocycles. The van der Waals surface area contributed by atoms with Crippen LogP contribution in [0.3, 0.4) is 0 Å². The van der Waals surface area contributed by atoms with Crippen molar-refractivity contribution in [3.63, 3.8) is 0 Å². The maximum absolute atomic E-state index is 12.7. The molecular weight excluding hydrogens is 350 g/mol. The fourth-order valence-electron chi connectivity index (χ4n) is 3.57. The summed E-state index contributed by atoms with van der Waals surface area (Å²) in [6.45, 7) is 7.33. The molecule has 1 fully saturated rings. The van der Waals surface area contributed by atoms with Crippen molar-refractivity contribution in [2.45, 2.75) is 19.5 Å². The lowest BCUT2D eigenvalue weighted by atomic mass is 10.1. The van der Waals surface area contributed by atoms with E-state index in [4.69, 9.17) is 4.74 Å². The zero-order valence-electron chi connectivity index (χ0n) is 17.2. The molecule has 0 unspecified atom stereocenters. The molecule has 3 rings (SSSR count). The molecule has 5 heteroatoms. The third kappa shape index (κ3) is 5.33. The van der Waals surface area contributed by atoms with Crippen molar-refractivity contribution in [1.82, 2.24) is 14.7 Å². The van der Waals surface area contributed by atoms with Crippen LogP contribution >= 0.6 is 0 Å². The lowest BCUT2D eigenvalue weighted by Gasteiger charge is -2.35. The molecule has 2 aromatic rings. The minimum absolute atomic E-state index is 0.0880. The van der Waals surface area contributed by atoms with E-state index in [0.29, 0.717) is 6.54 Å². The van der Waals surface area contributed by atoms with Gasteiger partial charge < -0.3 is 9.64 Å². The van der Waals surface area contributed by atoms with Gasteiger partial charge in [0.2, 0.25) is 5.91 Å². The summed E-state index contributed by atoms with van der Waals surface area (Å²) in [6.07, 6.45) is 0. The van der Waals surface area contributed by atoms with Crippen LogP contribution < -0.4 is 4.74 Å². The first-order valence-electron chi connectivity index (χ1n) is 9.95. The van der Waals surface area contributed by atoms with Gasteiger partial charge in [0, 0.05) is 39.8 Å². The van der Waals surface area contributed by atoms with E-state index in [2.05, 4.69) is 41.0 Å². The predicted molar refractivity (Wildman–Crippen MR) is 112 cm³/mol. The predicted octanol–water partition coefficient (Wildman–Crippen LogP) is 3.03. The largest absolute Gasteiger partial charge is 0.497 e. The Balaban J connectivity index is 1.45. The van der Waals surface area contributed by atoms with Gasteiger partial charge in [-0.2, -0.15) is 0 Å². The van der Waals surface area contributed by atoms with E-state index in [-0.39, 0.29) is 11.9 Å². The molecule has 150 valence electrons. The second kappa shape index (κ2) is 9.71. The topological polar surface area (TPSA) is 36.0 Å². The lowest BCUT2D eigenvalue weighted by molar-refractivity contribution is -0.133. The van der Waals surface area contributed by atoms with Gasteiger partial charge in [0.15, 0.2) is 0 Å². The average Bonchev–Trinajstić information content (AvgIpc) is 2.75. The Morgan fingerprint density at radius 1 is 1.00 bits per heavy atom. The summed E-state index contributed by atoms with van der Waals surface area (Å²) in [7, 11) is 3.59. The van der Waals surface area contributed by atoms with E-state index in [0.717, 1.165) is 38.5 Å². The number of rotatable bonds is 7. The van der Waals surface area contributed by atoms with Crippen LogP contribution in [0, 0.1) is 0 Å². The summed E-state index contributed by atoms with van der Waals surface area (Å²) in [6, 6.07) is 18.5. The molecule has 0 bridgehead atoms. The third-order valence-corrected chi connectivity index (χ3v) is 5.65. The van der Waals surface area contributed by atoms with Crippen LogP contribution in [0.4, 0.5) is 0 Å². The van der Waals surface area contributed by atoms with E-state index in [1.807, 2.05) is 42.3 Å². The highest BCUT2D eigenvalue weighted by Crippen LogP contribution is 2.19. The Morgan fingerprint density at radius 2 is 1.61 bits per heavy atom. The van der Waals surface area contributed by atoms with Gasteiger partial charge in [0.05, 0.1) is 19.7 Å². The van der Waals surface area contributed by atoms with Crippen molar-refractivity contribution in [2.75, 3.05) is 46.9 Å². The Bertz CT molecular complexity index is 740. The Hall–Kier alpha value is -2.37. The van der Waals surface area contributed by atoms with Gasteiger partial charge in [-0.25, -0.2) is 0 Å². The summed E-state index contributed by atoms with van der Waals surface area (Å²) < 4.78 is 5.22. The molecule has 5 nitrogen and oxygen atoms in total. The van der Waals surface area contributed by atoms with Crippen molar-refractivity contribution in [1.29, 1.82) is 0 Å². The summed E-state index contributed by atoms with van der Waals surface area (Å²) in [5, 5.41) is 0. The number of carbonyl (C=O) groups excluding carboxylic acids is 1. The van der Waals surface area contributed by atoms with E-state index in [1.165, 1.54) is 11.1 Å². The third-order valence-electron chi connectivity index (χ3n) is 5.65. The smallest absolute Gasteiger partial charge is 0.236 e. The van der Waals surface area contributed by atoms with Gasteiger partial charge in [0.25, 0.3) is 0 Å². The fraction of sp³-hybridized carbons (Fsp3) is 0.435. The van der Waals surface area contributed by atoms with Gasteiger partial charge >= 0.3 is 0 Å². The SMILES string of the molecule is COc1ccc(CN2CCN(CC(=O)N(C)[C@@H](C)c3ccccc3)CC2)cc1. The molecular formula is C23H31N3O2. The number of benzene rings is 2. The molecule has 1 heterocycles. The zero-order valence-corrected chi connectivity index (χ0v) is 17.2. The highest BCUT2D eigenvalue weighted by atomic mass is 16.5. The Morgan fingerprint density at radius 3 is 2.21 bits per heavy atom. The molecule has 0 saturated carbocycles. The first-order chi connectivity index (χ1) is 13.6. The number of carbonyl (C=O) groups is 1. The van der Waals surface area contributed by atoms with E-state index < -0.39 is 0 Å². The molecule has 2 aromatic carbocycles. The molecule has 0 radical (unpaired) electrons. The summed E-state index contributed by atoms with van der Waals surface area (Å²) in [4.78, 5) is 19.3. The van der Waals surface area contributed by atoms with Crippen molar-refractivity contribution >= 4 is 5.91 Å². The first kappa shape index (κ1) is 20.4. The average molecular weight is 382 g/mol. The highest BCUT2D eigenvalue weighted by Gasteiger charge is 2.23. The fourth-order valence-corrected chi connectivity index (χ4v) is 3.57. The second-order valence-electron chi connectivity index (χ2n) is 7.49. The van der Waals surface area contributed by atoms with Crippen molar-refractivity contribution in [2.24, 2.45) is 0 Å². The summed E-state index contributed by atoms with van der Waals surface area (Å²) >= 11 is 0. The quantitative estimate of drug-likeness (QED) is 0.739. The van der Waals surface area contributed by atoms with Crippen LogP contribution in [-0.4, -0.2) is 67.5 Å². The van der Waals surface area contributed by atoms with Gasteiger partial charge in [-0.1, -0.05) is 42.5 Å². The molecule has 28 heavy (non-hydrogen) atoms. The van der Waals surface area contributed by atoms with Gasteiger partial charge in [-0.05, 0) is 30.2 Å². The number of likely N-dealkylation sites (N-methyl/N-ethyl adjacent to an activating group) is 1. The molecule has 0 aliphatic carbocycles. The lowest BCUT2D eigenvalue weighted by Crippen LogP contribution is -2.49. The molecule has 0 N–H and O–H groups in total. The number of methoxy groups -OCH3 is 1. The molecule has 0 aromatic heterocycles. The zero-order chi connectivity index (χ0) is 19.9. The number of hydrogen-bond donors (Lipinski definition) is 0. The molecule has 1 atom stereocenters.